The Balaban J connectivity index is 1.13. The van der Waals surface area contributed by atoms with Gasteiger partial charge in [0.25, 0.3) is 5.91 Å². The first-order valence-electron chi connectivity index (χ1n) is 12.9. The maximum absolute atomic E-state index is 12.2. The molecule has 1 saturated heterocycles. The first-order valence-corrected chi connectivity index (χ1v) is 12.9. The minimum atomic E-state index is -0.114. The number of pyridine rings is 1. The molecule has 7 nitrogen and oxygen atoms in total. The zero-order valence-corrected chi connectivity index (χ0v) is 21.0. The number of fused-ring (bicyclic) bond motifs is 4. The van der Waals surface area contributed by atoms with Crippen LogP contribution in [0.2, 0.25) is 0 Å². The van der Waals surface area contributed by atoms with Crippen molar-refractivity contribution in [2.24, 2.45) is 0 Å². The molecular weight excluding hydrogens is 448 g/mol. The number of nitrogens with zero attached hydrogens (tertiary/aromatic N) is 5. The number of rotatable bonds is 5. The zero-order valence-electron chi connectivity index (χ0n) is 21.0. The summed E-state index contributed by atoms with van der Waals surface area (Å²) in [6, 6.07) is 17.3. The van der Waals surface area contributed by atoms with E-state index in [-0.39, 0.29) is 5.91 Å². The molecule has 1 amide bonds. The molecule has 4 aromatic rings. The molecule has 0 atom stereocenters. The molecule has 0 aliphatic carbocycles. The SMILES string of the molecule is CNC(=O)c1ncn2c1CCc1c(CCN3CCN(c4cccc5nc(C)ccc45)CC3)cccc1-2. The largest absolute Gasteiger partial charge is 0.368 e. The highest BCUT2D eigenvalue weighted by Crippen LogP contribution is 2.30. The predicted molar refractivity (Wildman–Crippen MR) is 143 cm³/mol. The number of hydrogen-bond acceptors (Lipinski definition) is 5. The van der Waals surface area contributed by atoms with Gasteiger partial charge in [-0.3, -0.25) is 14.7 Å². The zero-order chi connectivity index (χ0) is 24.6. The molecule has 1 N–H and O–H groups in total. The van der Waals surface area contributed by atoms with Crippen LogP contribution in [0.15, 0.2) is 54.9 Å². The Morgan fingerprint density at radius 2 is 1.78 bits per heavy atom. The number of hydrogen-bond donors (Lipinski definition) is 1. The first kappa shape index (κ1) is 22.7. The van der Waals surface area contributed by atoms with Crippen molar-refractivity contribution in [3.05, 3.63) is 83.1 Å². The average molecular weight is 481 g/mol. The molecule has 0 bridgehead atoms. The molecular formula is C29H32N6O. The van der Waals surface area contributed by atoms with E-state index in [1.54, 1.807) is 13.4 Å². The third kappa shape index (κ3) is 4.03. The quantitative estimate of drug-likeness (QED) is 0.473. The Kier molecular flexibility index (Phi) is 5.93. The van der Waals surface area contributed by atoms with Crippen LogP contribution in [-0.2, 0) is 19.3 Å². The Hall–Kier alpha value is -3.71. The number of benzene rings is 2. The van der Waals surface area contributed by atoms with E-state index < -0.39 is 0 Å². The normalized spacial score (nSPS) is 15.6. The van der Waals surface area contributed by atoms with E-state index >= 15 is 0 Å². The molecule has 2 aliphatic rings. The van der Waals surface area contributed by atoms with Gasteiger partial charge in [-0.15, -0.1) is 0 Å². The maximum Gasteiger partial charge on any atom is 0.271 e. The highest BCUT2D eigenvalue weighted by Gasteiger charge is 2.25. The lowest BCUT2D eigenvalue weighted by molar-refractivity contribution is 0.0957. The van der Waals surface area contributed by atoms with Gasteiger partial charge in [0.2, 0.25) is 0 Å². The van der Waals surface area contributed by atoms with Crippen LogP contribution in [0.25, 0.3) is 16.6 Å². The summed E-state index contributed by atoms with van der Waals surface area (Å²) in [5.41, 5.74) is 8.95. The third-order valence-electron chi connectivity index (χ3n) is 7.69. The maximum atomic E-state index is 12.2. The van der Waals surface area contributed by atoms with E-state index in [1.807, 2.05) is 6.92 Å². The van der Waals surface area contributed by atoms with Crippen molar-refractivity contribution in [2.45, 2.75) is 26.2 Å². The molecule has 0 saturated carbocycles. The molecule has 184 valence electrons. The Labute approximate surface area is 211 Å². The van der Waals surface area contributed by atoms with E-state index in [1.165, 1.54) is 27.9 Å². The Morgan fingerprint density at radius 3 is 2.61 bits per heavy atom. The number of piperazine rings is 1. The van der Waals surface area contributed by atoms with E-state index in [0.717, 1.165) is 68.9 Å². The molecule has 2 aromatic carbocycles. The minimum absolute atomic E-state index is 0.114. The Bertz CT molecular complexity index is 1430. The van der Waals surface area contributed by atoms with Gasteiger partial charge in [-0.25, -0.2) is 4.98 Å². The predicted octanol–water partition coefficient (Wildman–Crippen LogP) is 3.55. The molecule has 0 unspecified atom stereocenters. The highest BCUT2D eigenvalue weighted by atomic mass is 16.1. The van der Waals surface area contributed by atoms with Gasteiger partial charge in [0.1, 0.15) is 12.0 Å². The second-order valence-corrected chi connectivity index (χ2v) is 9.78. The van der Waals surface area contributed by atoms with E-state index in [9.17, 15) is 4.79 Å². The number of carbonyl (C=O) groups excluding carboxylic acids is 1. The number of carbonyl (C=O) groups is 1. The molecule has 6 rings (SSSR count). The van der Waals surface area contributed by atoms with Crippen molar-refractivity contribution in [2.75, 3.05) is 44.7 Å². The number of aromatic nitrogens is 3. The van der Waals surface area contributed by atoms with Crippen molar-refractivity contribution in [3.63, 3.8) is 0 Å². The Morgan fingerprint density at radius 1 is 0.972 bits per heavy atom. The summed E-state index contributed by atoms with van der Waals surface area (Å²) in [5.74, 6) is -0.114. The van der Waals surface area contributed by atoms with Crippen LogP contribution in [-0.4, -0.2) is 65.1 Å². The van der Waals surface area contributed by atoms with Gasteiger partial charge in [-0.1, -0.05) is 18.2 Å². The summed E-state index contributed by atoms with van der Waals surface area (Å²) >= 11 is 0. The molecule has 4 heterocycles. The molecule has 0 radical (unpaired) electrons. The monoisotopic (exact) mass is 480 g/mol. The van der Waals surface area contributed by atoms with Crippen molar-refractivity contribution < 1.29 is 4.79 Å². The number of aryl methyl sites for hydroxylation is 1. The number of imidazole rings is 1. The summed E-state index contributed by atoms with van der Waals surface area (Å²) < 4.78 is 2.10. The smallest absolute Gasteiger partial charge is 0.271 e. The van der Waals surface area contributed by atoms with Crippen LogP contribution in [0.1, 0.15) is 33.0 Å². The van der Waals surface area contributed by atoms with Gasteiger partial charge < -0.3 is 14.8 Å². The minimum Gasteiger partial charge on any atom is -0.368 e. The summed E-state index contributed by atoms with van der Waals surface area (Å²) in [5, 5.41) is 3.95. The van der Waals surface area contributed by atoms with E-state index in [0.29, 0.717) is 5.69 Å². The molecule has 36 heavy (non-hydrogen) atoms. The van der Waals surface area contributed by atoms with Crippen LogP contribution in [0, 0.1) is 6.92 Å². The summed E-state index contributed by atoms with van der Waals surface area (Å²) in [4.78, 5) is 26.4. The fraction of sp³-hybridized carbons (Fsp3) is 0.345. The number of amides is 1. The van der Waals surface area contributed by atoms with Gasteiger partial charge in [0.05, 0.1) is 16.9 Å². The molecule has 1 fully saturated rings. The molecule has 2 aromatic heterocycles. The van der Waals surface area contributed by atoms with Crippen molar-refractivity contribution in [1.82, 2.24) is 24.8 Å². The molecule has 2 aliphatic heterocycles. The van der Waals surface area contributed by atoms with Gasteiger partial charge in [-0.05, 0) is 67.6 Å². The van der Waals surface area contributed by atoms with Crippen LogP contribution >= 0.6 is 0 Å². The standard InChI is InChI=1S/C29H32N6O/c1-20-9-10-23-24(32-20)6-4-7-25(23)34-17-15-33(16-18-34)14-13-21-5-3-8-26-22(21)11-12-27-28(29(36)30-2)31-19-35(26)27/h3-10,19H,11-18H2,1-2H3,(H,30,36). The van der Waals surface area contributed by atoms with Crippen molar-refractivity contribution in [3.8, 4) is 5.69 Å². The summed E-state index contributed by atoms with van der Waals surface area (Å²) in [7, 11) is 1.66. The average Bonchev–Trinajstić information content (AvgIpc) is 3.36. The summed E-state index contributed by atoms with van der Waals surface area (Å²) in [6.45, 7) is 7.28. The van der Waals surface area contributed by atoms with Crippen molar-refractivity contribution in [1.29, 1.82) is 0 Å². The number of nitrogens with one attached hydrogen (secondary N) is 1. The van der Waals surface area contributed by atoms with Crippen LogP contribution in [0.3, 0.4) is 0 Å². The second-order valence-electron chi connectivity index (χ2n) is 9.78. The van der Waals surface area contributed by atoms with Gasteiger partial charge in [0, 0.05) is 56.5 Å². The molecule has 7 heteroatoms. The third-order valence-corrected chi connectivity index (χ3v) is 7.69. The fourth-order valence-corrected chi connectivity index (χ4v) is 5.75. The van der Waals surface area contributed by atoms with E-state index in [4.69, 9.17) is 4.98 Å². The second kappa shape index (κ2) is 9.39. The molecule has 0 spiro atoms. The van der Waals surface area contributed by atoms with Gasteiger partial charge in [0.15, 0.2) is 0 Å². The van der Waals surface area contributed by atoms with Gasteiger partial charge >= 0.3 is 0 Å². The fourth-order valence-electron chi connectivity index (χ4n) is 5.75. The van der Waals surface area contributed by atoms with E-state index in [2.05, 4.69) is 73.2 Å². The van der Waals surface area contributed by atoms with Crippen molar-refractivity contribution >= 4 is 22.5 Å². The lowest BCUT2D eigenvalue weighted by Gasteiger charge is -2.36. The van der Waals surface area contributed by atoms with Crippen LogP contribution in [0.4, 0.5) is 5.69 Å². The van der Waals surface area contributed by atoms with Crippen LogP contribution in [0.5, 0.6) is 0 Å². The van der Waals surface area contributed by atoms with Crippen LogP contribution < -0.4 is 10.2 Å². The summed E-state index contributed by atoms with van der Waals surface area (Å²) in [6.07, 6.45) is 4.62. The lowest BCUT2D eigenvalue weighted by Crippen LogP contribution is -2.47. The lowest BCUT2D eigenvalue weighted by atomic mass is 9.94. The highest BCUT2D eigenvalue weighted by molar-refractivity contribution is 5.93. The van der Waals surface area contributed by atoms with Gasteiger partial charge in [-0.2, -0.15) is 0 Å². The topological polar surface area (TPSA) is 66.3 Å². The number of anilines is 1. The first-order chi connectivity index (χ1) is 17.6.